The van der Waals surface area contributed by atoms with Crippen molar-refractivity contribution >= 4 is 11.8 Å². The second-order valence-corrected chi connectivity index (χ2v) is 6.91. The lowest BCUT2D eigenvalue weighted by Gasteiger charge is -2.24. The summed E-state index contributed by atoms with van der Waals surface area (Å²) in [5.41, 5.74) is -0.157. The highest BCUT2D eigenvalue weighted by atomic mass is 19.4. The minimum Gasteiger partial charge on any atom is -0.348 e. The summed E-state index contributed by atoms with van der Waals surface area (Å²) in [7, 11) is 0. The standard InChI is InChI=1S/C21H23F3N2O2/c1-13(2)18(20(28)25-14(3)15-8-5-4-6-9-15)26-19(27)16-10-7-11-17(12-16)21(22,23)24/h4-14,18H,1-3H3,(H,25,28)(H,26,27). The Morgan fingerprint density at radius 2 is 1.54 bits per heavy atom. The number of carbonyl (C=O) groups is 2. The molecule has 150 valence electrons. The molecule has 0 aliphatic carbocycles. The van der Waals surface area contributed by atoms with Crippen molar-refractivity contribution in [3.63, 3.8) is 0 Å². The molecule has 0 radical (unpaired) electrons. The molecule has 0 aromatic heterocycles. The van der Waals surface area contributed by atoms with Gasteiger partial charge in [0.1, 0.15) is 6.04 Å². The lowest BCUT2D eigenvalue weighted by Crippen LogP contribution is -2.50. The first-order valence-corrected chi connectivity index (χ1v) is 8.93. The van der Waals surface area contributed by atoms with Crippen molar-refractivity contribution in [1.82, 2.24) is 10.6 Å². The van der Waals surface area contributed by atoms with Gasteiger partial charge in [0.05, 0.1) is 11.6 Å². The third-order valence-corrected chi connectivity index (χ3v) is 4.35. The molecule has 0 bridgehead atoms. The molecule has 0 saturated carbocycles. The molecule has 0 aliphatic heterocycles. The number of hydrogen-bond donors (Lipinski definition) is 2. The summed E-state index contributed by atoms with van der Waals surface area (Å²) >= 11 is 0. The number of benzene rings is 2. The Hall–Kier alpha value is -2.83. The van der Waals surface area contributed by atoms with Crippen molar-refractivity contribution in [2.24, 2.45) is 5.92 Å². The highest BCUT2D eigenvalue weighted by Crippen LogP contribution is 2.29. The maximum absolute atomic E-state index is 12.9. The Bertz CT molecular complexity index is 820. The molecular weight excluding hydrogens is 369 g/mol. The van der Waals surface area contributed by atoms with Crippen molar-refractivity contribution < 1.29 is 22.8 Å². The molecule has 2 aromatic carbocycles. The summed E-state index contributed by atoms with van der Waals surface area (Å²) in [6.07, 6.45) is -4.55. The number of alkyl halides is 3. The fourth-order valence-corrected chi connectivity index (χ4v) is 2.72. The largest absolute Gasteiger partial charge is 0.416 e. The van der Waals surface area contributed by atoms with E-state index in [-0.39, 0.29) is 17.5 Å². The monoisotopic (exact) mass is 392 g/mol. The highest BCUT2D eigenvalue weighted by molar-refractivity contribution is 5.97. The van der Waals surface area contributed by atoms with Crippen molar-refractivity contribution in [3.8, 4) is 0 Å². The second-order valence-electron chi connectivity index (χ2n) is 6.91. The van der Waals surface area contributed by atoms with Gasteiger partial charge in [-0.15, -0.1) is 0 Å². The van der Waals surface area contributed by atoms with Crippen LogP contribution >= 0.6 is 0 Å². The third kappa shape index (κ3) is 5.58. The lowest BCUT2D eigenvalue weighted by molar-refractivity contribution is -0.137. The van der Waals surface area contributed by atoms with Crippen LogP contribution in [0.3, 0.4) is 0 Å². The van der Waals surface area contributed by atoms with Gasteiger partial charge >= 0.3 is 6.18 Å². The molecule has 2 N–H and O–H groups in total. The number of hydrogen-bond acceptors (Lipinski definition) is 2. The van der Waals surface area contributed by atoms with Gasteiger partial charge in [0, 0.05) is 5.56 Å². The van der Waals surface area contributed by atoms with E-state index in [4.69, 9.17) is 0 Å². The van der Waals surface area contributed by atoms with Crippen LogP contribution in [0.25, 0.3) is 0 Å². The van der Waals surface area contributed by atoms with Crippen LogP contribution in [0.15, 0.2) is 54.6 Å². The predicted molar refractivity (Wildman–Crippen MR) is 101 cm³/mol. The first kappa shape index (κ1) is 21.5. The molecule has 2 unspecified atom stereocenters. The summed E-state index contributed by atoms with van der Waals surface area (Å²) < 4.78 is 38.6. The molecule has 0 spiro atoms. The van der Waals surface area contributed by atoms with Crippen molar-refractivity contribution in [2.75, 3.05) is 0 Å². The van der Waals surface area contributed by atoms with Crippen LogP contribution < -0.4 is 10.6 Å². The van der Waals surface area contributed by atoms with Crippen molar-refractivity contribution in [1.29, 1.82) is 0 Å². The van der Waals surface area contributed by atoms with E-state index in [1.54, 1.807) is 13.8 Å². The Morgan fingerprint density at radius 3 is 2.11 bits per heavy atom. The summed E-state index contributed by atoms with van der Waals surface area (Å²) in [5, 5.41) is 5.39. The Morgan fingerprint density at radius 1 is 0.893 bits per heavy atom. The molecule has 0 heterocycles. The van der Waals surface area contributed by atoms with E-state index < -0.39 is 29.6 Å². The maximum atomic E-state index is 12.9. The van der Waals surface area contributed by atoms with Crippen LogP contribution in [0.5, 0.6) is 0 Å². The minimum absolute atomic E-state index is 0.149. The fraction of sp³-hybridized carbons (Fsp3) is 0.333. The van der Waals surface area contributed by atoms with E-state index in [1.807, 2.05) is 37.3 Å². The molecule has 0 aliphatic rings. The maximum Gasteiger partial charge on any atom is 0.416 e. The van der Waals surface area contributed by atoms with Gasteiger partial charge in [0.2, 0.25) is 5.91 Å². The molecule has 7 heteroatoms. The zero-order valence-corrected chi connectivity index (χ0v) is 15.9. The summed E-state index contributed by atoms with van der Waals surface area (Å²) in [6.45, 7) is 5.33. The molecule has 4 nitrogen and oxygen atoms in total. The molecular formula is C21H23F3N2O2. The van der Waals surface area contributed by atoms with Crippen LogP contribution in [0, 0.1) is 5.92 Å². The number of rotatable bonds is 6. The highest BCUT2D eigenvalue weighted by Gasteiger charge is 2.31. The molecule has 2 amide bonds. The molecule has 2 aromatic rings. The minimum atomic E-state index is -4.55. The summed E-state index contributed by atoms with van der Waals surface area (Å²) in [5.74, 6) is -1.38. The molecule has 0 fully saturated rings. The zero-order valence-electron chi connectivity index (χ0n) is 15.9. The molecule has 2 rings (SSSR count). The van der Waals surface area contributed by atoms with Gasteiger partial charge in [-0.1, -0.05) is 50.2 Å². The van der Waals surface area contributed by atoms with Gasteiger partial charge in [0.25, 0.3) is 5.91 Å². The van der Waals surface area contributed by atoms with Crippen molar-refractivity contribution in [3.05, 3.63) is 71.3 Å². The van der Waals surface area contributed by atoms with Gasteiger partial charge in [-0.3, -0.25) is 9.59 Å². The van der Waals surface area contributed by atoms with E-state index in [1.165, 1.54) is 12.1 Å². The van der Waals surface area contributed by atoms with Crippen LogP contribution in [-0.4, -0.2) is 17.9 Å². The average molecular weight is 392 g/mol. The molecule has 0 saturated heterocycles. The second kappa shape index (κ2) is 8.91. The van der Waals surface area contributed by atoms with Crippen LogP contribution in [0.1, 0.15) is 48.3 Å². The van der Waals surface area contributed by atoms with Gasteiger partial charge in [-0.25, -0.2) is 0 Å². The van der Waals surface area contributed by atoms with E-state index in [9.17, 15) is 22.8 Å². The summed E-state index contributed by atoms with van der Waals surface area (Å²) in [6, 6.07) is 12.3. The zero-order chi connectivity index (χ0) is 20.9. The van der Waals surface area contributed by atoms with Gasteiger partial charge in [-0.05, 0) is 36.6 Å². The van der Waals surface area contributed by atoms with Gasteiger partial charge < -0.3 is 10.6 Å². The van der Waals surface area contributed by atoms with Crippen LogP contribution in [0.2, 0.25) is 0 Å². The average Bonchev–Trinajstić information content (AvgIpc) is 2.65. The Balaban J connectivity index is 2.12. The van der Waals surface area contributed by atoms with E-state index in [0.717, 1.165) is 17.7 Å². The topological polar surface area (TPSA) is 58.2 Å². The van der Waals surface area contributed by atoms with Crippen molar-refractivity contribution in [2.45, 2.75) is 39.0 Å². The van der Waals surface area contributed by atoms with Crippen LogP contribution in [0.4, 0.5) is 13.2 Å². The van der Waals surface area contributed by atoms with Gasteiger partial charge in [-0.2, -0.15) is 13.2 Å². The SMILES string of the molecule is CC(NC(=O)C(NC(=O)c1cccc(C(F)(F)F)c1)C(C)C)c1ccccc1. The number of nitrogens with one attached hydrogen (secondary N) is 2. The van der Waals surface area contributed by atoms with E-state index in [2.05, 4.69) is 10.6 Å². The fourth-order valence-electron chi connectivity index (χ4n) is 2.72. The quantitative estimate of drug-likeness (QED) is 0.769. The Labute approximate surface area is 162 Å². The number of halogens is 3. The van der Waals surface area contributed by atoms with Crippen LogP contribution in [-0.2, 0) is 11.0 Å². The summed E-state index contributed by atoms with van der Waals surface area (Å²) in [4.78, 5) is 25.1. The number of amides is 2. The number of carbonyl (C=O) groups excluding carboxylic acids is 2. The normalized spacial score (nSPS) is 13.7. The molecule has 28 heavy (non-hydrogen) atoms. The molecule has 2 atom stereocenters. The first-order valence-electron chi connectivity index (χ1n) is 8.93. The van der Waals surface area contributed by atoms with E-state index >= 15 is 0 Å². The Kier molecular flexibility index (Phi) is 6.83. The smallest absolute Gasteiger partial charge is 0.348 e. The van der Waals surface area contributed by atoms with E-state index in [0.29, 0.717) is 0 Å². The third-order valence-electron chi connectivity index (χ3n) is 4.35. The van der Waals surface area contributed by atoms with Gasteiger partial charge in [0.15, 0.2) is 0 Å². The first-order chi connectivity index (χ1) is 13.1. The predicted octanol–water partition coefficient (Wildman–Crippen LogP) is 4.34. The lowest BCUT2D eigenvalue weighted by atomic mass is 10.0.